The predicted molar refractivity (Wildman–Crippen MR) is 98.1 cm³/mol. The van der Waals surface area contributed by atoms with E-state index in [1.807, 2.05) is 13.8 Å². The number of halogens is 1. The first-order valence-electron chi connectivity index (χ1n) is 7.95. The van der Waals surface area contributed by atoms with Crippen LogP contribution in [0.4, 0.5) is 5.82 Å². The SMILES string of the molecule is CC(C)c1cc(NC(=O)c2cc(S(=O)(=O)NC3CC3)ccc2Br)n[nH]1. The summed E-state index contributed by atoms with van der Waals surface area (Å²) in [6, 6.07) is 6.15. The van der Waals surface area contributed by atoms with Gasteiger partial charge in [-0.2, -0.15) is 5.10 Å². The summed E-state index contributed by atoms with van der Waals surface area (Å²) in [5, 5.41) is 9.59. The number of aromatic nitrogens is 2. The highest BCUT2D eigenvalue weighted by Crippen LogP contribution is 2.25. The van der Waals surface area contributed by atoms with Crippen LogP contribution >= 0.6 is 15.9 Å². The zero-order chi connectivity index (χ0) is 18.2. The number of benzene rings is 1. The number of carbonyl (C=O) groups excluding carboxylic acids is 1. The van der Waals surface area contributed by atoms with Crippen LogP contribution in [0.2, 0.25) is 0 Å². The first-order chi connectivity index (χ1) is 11.8. The van der Waals surface area contributed by atoms with Crippen LogP contribution in [0.3, 0.4) is 0 Å². The Balaban J connectivity index is 1.82. The zero-order valence-corrected chi connectivity index (χ0v) is 16.2. The summed E-state index contributed by atoms with van der Waals surface area (Å²) < 4.78 is 27.8. The molecular weight excluding hydrogens is 408 g/mol. The summed E-state index contributed by atoms with van der Waals surface area (Å²) in [6.07, 6.45) is 1.70. The van der Waals surface area contributed by atoms with Crippen molar-refractivity contribution in [1.29, 1.82) is 0 Å². The van der Waals surface area contributed by atoms with E-state index >= 15 is 0 Å². The Morgan fingerprint density at radius 3 is 2.64 bits per heavy atom. The second-order valence-electron chi connectivity index (χ2n) is 6.35. The number of hydrogen-bond donors (Lipinski definition) is 3. The van der Waals surface area contributed by atoms with E-state index in [4.69, 9.17) is 0 Å². The first kappa shape index (κ1) is 18.1. The van der Waals surface area contributed by atoms with E-state index in [2.05, 4.69) is 36.2 Å². The van der Waals surface area contributed by atoms with E-state index in [0.717, 1.165) is 18.5 Å². The highest BCUT2D eigenvalue weighted by atomic mass is 79.9. The summed E-state index contributed by atoms with van der Waals surface area (Å²) in [6.45, 7) is 4.02. The maximum absolute atomic E-state index is 12.5. The molecule has 1 heterocycles. The zero-order valence-electron chi connectivity index (χ0n) is 13.8. The van der Waals surface area contributed by atoms with Crippen LogP contribution in [0.1, 0.15) is 48.7 Å². The summed E-state index contributed by atoms with van der Waals surface area (Å²) in [4.78, 5) is 12.6. The van der Waals surface area contributed by atoms with Crippen molar-refractivity contribution in [3.05, 3.63) is 40.0 Å². The molecule has 1 aromatic heterocycles. The fraction of sp³-hybridized carbons (Fsp3) is 0.375. The molecule has 7 nitrogen and oxygen atoms in total. The molecule has 134 valence electrons. The van der Waals surface area contributed by atoms with E-state index in [9.17, 15) is 13.2 Å². The number of hydrogen-bond acceptors (Lipinski definition) is 4. The van der Waals surface area contributed by atoms with Crippen LogP contribution in [0, 0.1) is 0 Å². The van der Waals surface area contributed by atoms with Crippen molar-refractivity contribution >= 4 is 37.7 Å². The lowest BCUT2D eigenvalue weighted by Gasteiger charge is -2.09. The van der Waals surface area contributed by atoms with Crippen molar-refractivity contribution in [3.63, 3.8) is 0 Å². The van der Waals surface area contributed by atoms with Gasteiger partial charge in [-0.25, -0.2) is 13.1 Å². The second kappa shape index (κ2) is 6.89. The minimum Gasteiger partial charge on any atom is -0.305 e. The molecule has 9 heteroatoms. The average molecular weight is 427 g/mol. The van der Waals surface area contributed by atoms with Crippen molar-refractivity contribution in [2.45, 2.75) is 43.5 Å². The third-order valence-electron chi connectivity index (χ3n) is 3.85. The van der Waals surface area contributed by atoms with E-state index in [-0.39, 0.29) is 22.4 Å². The van der Waals surface area contributed by atoms with Crippen LogP contribution in [0.25, 0.3) is 0 Å². The van der Waals surface area contributed by atoms with Crippen LogP contribution < -0.4 is 10.0 Å². The van der Waals surface area contributed by atoms with E-state index in [1.54, 1.807) is 12.1 Å². The van der Waals surface area contributed by atoms with Gasteiger partial charge in [-0.15, -0.1) is 0 Å². The minimum atomic E-state index is -3.62. The van der Waals surface area contributed by atoms with Gasteiger partial charge in [0.05, 0.1) is 10.5 Å². The monoisotopic (exact) mass is 426 g/mol. The fourth-order valence-corrected chi connectivity index (χ4v) is 3.97. The molecule has 1 aromatic carbocycles. The molecule has 0 bridgehead atoms. The third-order valence-corrected chi connectivity index (χ3v) is 6.06. The third kappa shape index (κ3) is 4.28. The molecule has 0 saturated heterocycles. The molecule has 1 aliphatic rings. The highest BCUT2D eigenvalue weighted by Gasteiger charge is 2.28. The number of nitrogens with one attached hydrogen (secondary N) is 3. The number of nitrogens with zero attached hydrogens (tertiary/aromatic N) is 1. The van der Waals surface area contributed by atoms with Crippen LogP contribution in [0.15, 0.2) is 33.6 Å². The number of H-pyrrole nitrogens is 1. The van der Waals surface area contributed by atoms with Gasteiger partial charge in [-0.3, -0.25) is 9.89 Å². The molecule has 3 rings (SSSR count). The molecule has 0 spiro atoms. The molecule has 1 amide bonds. The number of anilines is 1. The number of aromatic amines is 1. The largest absolute Gasteiger partial charge is 0.305 e. The lowest BCUT2D eigenvalue weighted by Crippen LogP contribution is -2.26. The smallest absolute Gasteiger partial charge is 0.258 e. The standard InChI is InChI=1S/C16H19BrN4O3S/c1-9(2)14-8-15(20-19-14)18-16(22)12-7-11(5-6-13(12)17)25(23,24)21-10-3-4-10/h5-10,21H,3-4H2,1-2H3,(H2,18,19,20,22). The molecule has 1 fully saturated rings. The molecule has 1 saturated carbocycles. The van der Waals surface area contributed by atoms with Crippen molar-refractivity contribution in [2.24, 2.45) is 0 Å². The summed E-state index contributed by atoms with van der Waals surface area (Å²) >= 11 is 3.30. The van der Waals surface area contributed by atoms with Crippen LogP contribution in [0.5, 0.6) is 0 Å². The normalized spacial score (nSPS) is 14.7. The van der Waals surface area contributed by atoms with Gasteiger partial charge in [0, 0.05) is 22.3 Å². The van der Waals surface area contributed by atoms with E-state index in [1.165, 1.54) is 12.1 Å². The quantitative estimate of drug-likeness (QED) is 0.659. The van der Waals surface area contributed by atoms with Gasteiger partial charge in [0.2, 0.25) is 10.0 Å². The van der Waals surface area contributed by atoms with Gasteiger partial charge in [-0.05, 0) is 52.9 Å². The molecule has 0 aliphatic heterocycles. The van der Waals surface area contributed by atoms with Crippen molar-refractivity contribution in [2.75, 3.05) is 5.32 Å². The second-order valence-corrected chi connectivity index (χ2v) is 8.92. The number of amides is 1. The Morgan fingerprint density at radius 2 is 2.04 bits per heavy atom. The Bertz CT molecular complexity index is 904. The molecule has 0 unspecified atom stereocenters. The highest BCUT2D eigenvalue weighted by molar-refractivity contribution is 9.10. The summed E-state index contributed by atoms with van der Waals surface area (Å²) in [5.41, 5.74) is 1.13. The van der Waals surface area contributed by atoms with Crippen molar-refractivity contribution in [1.82, 2.24) is 14.9 Å². The van der Waals surface area contributed by atoms with Crippen molar-refractivity contribution < 1.29 is 13.2 Å². The minimum absolute atomic E-state index is 0.00411. The maximum atomic E-state index is 12.5. The maximum Gasteiger partial charge on any atom is 0.258 e. The Morgan fingerprint density at radius 1 is 1.32 bits per heavy atom. The lowest BCUT2D eigenvalue weighted by molar-refractivity contribution is 0.102. The molecule has 0 atom stereocenters. The van der Waals surface area contributed by atoms with Gasteiger partial charge in [-0.1, -0.05) is 13.8 Å². The van der Waals surface area contributed by atoms with E-state index in [0.29, 0.717) is 10.3 Å². The van der Waals surface area contributed by atoms with E-state index < -0.39 is 15.9 Å². The number of rotatable bonds is 6. The topological polar surface area (TPSA) is 104 Å². The molecule has 1 aliphatic carbocycles. The number of sulfonamides is 1. The van der Waals surface area contributed by atoms with Gasteiger partial charge in [0.1, 0.15) is 0 Å². The molecule has 25 heavy (non-hydrogen) atoms. The Kier molecular flexibility index (Phi) is 4.99. The van der Waals surface area contributed by atoms with Crippen molar-refractivity contribution in [3.8, 4) is 0 Å². The van der Waals surface area contributed by atoms with Crippen LogP contribution in [-0.4, -0.2) is 30.6 Å². The molecule has 0 radical (unpaired) electrons. The summed E-state index contributed by atoms with van der Waals surface area (Å²) in [7, 11) is -3.62. The van der Waals surface area contributed by atoms with Gasteiger partial charge in [0.15, 0.2) is 5.82 Å². The van der Waals surface area contributed by atoms with Gasteiger partial charge >= 0.3 is 0 Å². The molecular formula is C16H19BrN4O3S. The Labute approximate surface area is 154 Å². The number of carbonyl (C=O) groups is 1. The molecule has 2 aromatic rings. The summed E-state index contributed by atoms with van der Waals surface area (Å²) in [5.74, 6) is 0.217. The average Bonchev–Trinajstić information content (AvgIpc) is 3.21. The van der Waals surface area contributed by atoms with Gasteiger partial charge in [0.25, 0.3) is 5.91 Å². The van der Waals surface area contributed by atoms with Crippen LogP contribution in [-0.2, 0) is 10.0 Å². The fourth-order valence-electron chi connectivity index (χ4n) is 2.21. The lowest BCUT2D eigenvalue weighted by atomic mass is 10.1. The Hall–Kier alpha value is -1.71. The predicted octanol–water partition coefficient (Wildman–Crippen LogP) is 2.99. The molecule has 3 N–H and O–H groups in total. The first-order valence-corrected chi connectivity index (χ1v) is 10.2. The van der Waals surface area contributed by atoms with Gasteiger partial charge < -0.3 is 5.32 Å².